The molecule has 0 unspecified atom stereocenters. The van der Waals surface area contributed by atoms with E-state index in [2.05, 4.69) is 35.9 Å². The van der Waals surface area contributed by atoms with Crippen LogP contribution in [-0.4, -0.2) is 58.9 Å². The minimum absolute atomic E-state index is 0.00221. The second-order valence-corrected chi connectivity index (χ2v) is 6.05. The van der Waals surface area contributed by atoms with Crippen molar-refractivity contribution < 1.29 is 9.90 Å². The van der Waals surface area contributed by atoms with E-state index in [0.29, 0.717) is 13.1 Å². The van der Waals surface area contributed by atoms with Crippen LogP contribution in [0.2, 0.25) is 0 Å². The molecule has 20 heavy (non-hydrogen) atoms. The van der Waals surface area contributed by atoms with Crippen molar-refractivity contribution in [2.24, 2.45) is 0 Å². The van der Waals surface area contributed by atoms with Crippen molar-refractivity contribution in [2.75, 3.05) is 37.7 Å². The minimum Gasteiger partial charge on any atom is -0.387 e. The second-order valence-electron chi connectivity index (χ2n) is 6.05. The van der Waals surface area contributed by atoms with Gasteiger partial charge in [-0.25, -0.2) is 0 Å². The van der Waals surface area contributed by atoms with Gasteiger partial charge in [-0.3, -0.25) is 4.79 Å². The van der Waals surface area contributed by atoms with Crippen LogP contribution < -0.4 is 4.90 Å². The van der Waals surface area contributed by atoms with Crippen LogP contribution in [0.5, 0.6) is 0 Å². The third kappa shape index (κ3) is 3.25. The van der Waals surface area contributed by atoms with Crippen LogP contribution in [0, 0.1) is 0 Å². The number of aliphatic hydroxyl groups is 1. The molecule has 0 saturated carbocycles. The summed E-state index contributed by atoms with van der Waals surface area (Å²) < 4.78 is 0. The Hall–Kier alpha value is -1.69. The standard InChI is InChI=1S/C14H22N4O2/c1-14(2,3)11-4-5-12(16-15-11)17-6-8-18(9-7-17)13(20)10-19/h4-5,19H,6-10H2,1-3H3. The molecule has 1 N–H and O–H groups in total. The number of hydrogen-bond acceptors (Lipinski definition) is 5. The van der Waals surface area contributed by atoms with Crippen molar-refractivity contribution in [2.45, 2.75) is 26.2 Å². The fraction of sp³-hybridized carbons (Fsp3) is 0.643. The Morgan fingerprint density at radius 1 is 1.20 bits per heavy atom. The van der Waals surface area contributed by atoms with Gasteiger partial charge in [-0.1, -0.05) is 20.8 Å². The number of hydrogen-bond donors (Lipinski definition) is 1. The molecular formula is C14H22N4O2. The summed E-state index contributed by atoms with van der Waals surface area (Å²) in [7, 11) is 0. The average molecular weight is 278 g/mol. The molecule has 110 valence electrons. The van der Waals surface area contributed by atoms with Gasteiger partial charge in [0.2, 0.25) is 5.91 Å². The molecular weight excluding hydrogens is 256 g/mol. The molecule has 6 nitrogen and oxygen atoms in total. The first kappa shape index (κ1) is 14.7. The highest BCUT2D eigenvalue weighted by Crippen LogP contribution is 2.21. The van der Waals surface area contributed by atoms with Crippen molar-refractivity contribution in [3.05, 3.63) is 17.8 Å². The monoisotopic (exact) mass is 278 g/mol. The van der Waals surface area contributed by atoms with Crippen LogP contribution in [-0.2, 0) is 10.2 Å². The molecule has 0 aromatic carbocycles. The van der Waals surface area contributed by atoms with Crippen molar-refractivity contribution in [3.8, 4) is 0 Å². The lowest BCUT2D eigenvalue weighted by Crippen LogP contribution is -2.49. The topological polar surface area (TPSA) is 69.6 Å². The number of rotatable bonds is 2. The number of carbonyl (C=O) groups excluding carboxylic acids is 1. The third-order valence-electron chi connectivity index (χ3n) is 3.51. The van der Waals surface area contributed by atoms with E-state index in [1.54, 1.807) is 4.90 Å². The Balaban J connectivity index is 1.99. The summed E-state index contributed by atoms with van der Waals surface area (Å²) in [5, 5.41) is 17.4. The minimum atomic E-state index is -0.417. The van der Waals surface area contributed by atoms with Gasteiger partial charge in [0.15, 0.2) is 5.82 Å². The van der Waals surface area contributed by atoms with Crippen molar-refractivity contribution in [1.82, 2.24) is 15.1 Å². The number of piperazine rings is 1. The zero-order valence-electron chi connectivity index (χ0n) is 12.3. The lowest BCUT2D eigenvalue weighted by atomic mass is 9.92. The number of nitrogens with zero attached hydrogens (tertiary/aromatic N) is 4. The van der Waals surface area contributed by atoms with Gasteiger partial charge in [0.05, 0.1) is 5.69 Å². The van der Waals surface area contributed by atoms with E-state index in [1.807, 2.05) is 12.1 Å². The fourth-order valence-corrected chi connectivity index (χ4v) is 2.18. The van der Waals surface area contributed by atoms with E-state index in [9.17, 15) is 4.79 Å². The molecule has 6 heteroatoms. The maximum atomic E-state index is 11.4. The number of carbonyl (C=O) groups is 1. The zero-order chi connectivity index (χ0) is 14.8. The Kier molecular flexibility index (Phi) is 4.23. The van der Waals surface area contributed by atoms with Gasteiger partial charge >= 0.3 is 0 Å². The number of aromatic nitrogens is 2. The Bertz CT molecular complexity index is 459. The Labute approximate surface area is 119 Å². The summed E-state index contributed by atoms with van der Waals surface area (Å²) >= 11 is 0. The molecule has 2 heterocycles. The molecule has 1 aromatic heterocycles. The Morgan fingerprint density at radius 3 is 2.30 bits per heavy atom. The van der Waals surface area contributed by atoms with Gasteiger partial charge in [-0.15, -0.1) is 5.10 Å². The molecule has 0 radical (unpaired) electrons. The van der Waals surface area contributed by atoms with Gasteiger partial charge in [0, 0.05) is 31.6 Å². The summed E-state index contributed by atoms with van der Waals surface area (Å²) in [6.07, 6.45) is 0. The highest BCUT2D eigenvalue weighted by atomic mass is 16.3. The fourth-order valence-electron chi connectivity index (χ4n) is 2.18. The van der Waals surface area contributed by atoms with Crippen LogP contribution >= 0.6 is 0 Å². The van der Waals surface area contributed by atoms with E-state index in [-0.39, 0.29) is 11.3 Å². The zero-order valence-corrected chi connectivity index (χ0v) is 12.3. The number of anilines is 1. The van der Waals surface area contributed by atoms with Gasteiger partial charge in [-0.2, -0.15) is 5.10 Å². The van der Waals surface area contributed by atoms with Crippen LogP contribution in [0.1, 0.15) is 26.5 Å². The van der Waals surface area contributed by atoms with Crippen molar-refractivity contribution in [1.29, 1.82) is 0 Å². The largest absolute Gasteiger partial charge is 0.387 e. The lowest BCUT2D eigenvalue weighted by molar-refractivity contribution is -0.134. The van der Waals surface area contributed by atoms with E-state index in [1.165, 1.54) is 0 Å². The van der Waals surface area contributed by atoms with Crippen LogP contribution in [0.3, 0.4) is 0 Å². The molecule has 1 aliphatic heterocycles. The van der Waals surface area contributed by atoms with Crippen LogP contribution in [0.25, 0.3) is 0 Å². The highest BCUT2D eigenvalue weighted by Gasteiger charge is 2.22. The maximum Gasteiger partial charge on any atom is 0.248 e. The highest BCUT2D eigenvalue weighted by molar-refractivity contribution is 5.77. The summed E-state index contributed by atoms with van der Waals surface area (Å²) in [5.74, 6) is 0.632. The van der Waals surface area contributed by atoms with Crippen molar-refractivity contribution in [3.63, 3.8) is 0 Å². The molecule has 0 atom stereocenters. The van der Waals surface area contributed by atoms with Crippen LogP contribution in [0.15, 0.2) is 12.1 Å². The van der Waals surface area contributed by atoms with Gasteiger partial charge < -0.3 is 14.9 Å². The normalized spacial score (nSPS) is 16.4. The van der Waals surface area contributed by atoms with Gasteiger partial charge in [0.25, 0.3) is 0 Å². The molecule has 0 aliphatic carbocycles. The molecule has 2 rings (SSSR count). The number of amides is 1. The molecule has 1 amide bonds. The van der Waals surface area contributed by atoms with Gasteiger partial charge in [-0.05, 0) is 12.1 Å². The van der Waals surface area contributed by atoms with Crippen LogP contribution in [0.4, 0.5) is 5.82 Å². The van der Waals surface area contributed by atoms with E-state index < -0.39 is 6.61 Å². The van der Waals surface area contributed by atoms with E-state index >= 15 is 0 Å². The quantitative estimate of drug-likeness (QED) is 0.849. The third-order valence-corrected chi connectivity index (χ3v) is 3.51. The predicted molar refractivity (Wildman–Crippen MR) is 76.6 cm³/mol. The molecule has 0 bridgehead atoms. The molecule has 1 saturated heterocycles. The first-order valence-electron chi connectivity index (χ1n) is 6.89. The summed E-state index contributed by atoms with van der Waals surface area (Å²) in [6, 6.07) is 3.99. The average Bonchev–Trinajstić information content (AvgIpc) is 2.46. The molecule has 1 aromatic rings. The first-order valence-corrected chi connectivity index (χ1v) is 6.89. The summed E-state index contributed by atoms with van der Waals surface area (Å²) in [4.78, 5) is 15.2. The molecule has 0 spiro atoms. The SMILES string of the molecule is CC(C)(C)c1ccc(N2CCN(C(=O)CO)CC2)nn1. The molecule has 1 fully saturated rings. The summed E-state index contributed by atoms with van der Waals surface area (Å²) in [5.41, 5.74) is 0.966. The lowest BCUT2D eigenvalue weighted by Gasteiger charge is -2.35. The number of aliphatic hydroxyl groups excluding tert-OH is 1. The van der Waals surface area contributed by atoms with Crippen molar-refractivity contribution >= 4 is 11.7 Å². The predicted octanol–water partition coefficient (Wildman–Crippen LogP) is 0.415. The second kappa shape index (κ2) is 5.75. The molecule has 1 aliphatic rings. The summed E-state index contributed by atoms with van der Waals surface area (Å²) in [6.45, 7) is 8.57. The maximum absolute atomic E-state index is 11.4. The van der Waals surface area contributed by atoms with E-state index in [0.717, 1.165) is 24.6 Å². The Morgan fingerprint density at radius 2 is 1.85 bits per heavy atom. The smallest absolute Gasteiger partial charge is 0.248 e. The first-order chi connectivity index (χ1) is 9.41. The van der Waals surface area contributed by atoms with Gasteiger partial charge in [0.1, 0.15) is 6.61 Å². The van der Waals surface area contributed by atoms with E-state index in [4.69, 9.17) is 5.11 Å².